The summed E-state index contributed by atoms with van der Waals surface area (Å²) in [5.41, 5.74) is 0.576. The van der Waals surface area contributed by atoms with Crippen molar-refractivity contribution < 1.29 is 9.47 Å². The fourth-order valence-corrected chi connectivity index (χ4v) is 2.34. The summed E-state index contributed by atoms with van der Waals surface area (Å²) in [5.74, 6) is 1.24. The van der Waals surface area contributed by atoms with Crippen LogP contribution in [0.3, 0.4) is 0 Å². The van der Waals surface area contributed by atoms with Gasteiger partial charge in [-0.05, 0) is 29.8 Å². The molecule has 5 nitrogen and oxygen atoms in total. The highest BCUT2D eigenvalue weighted by atomic mass is 35.5. The quantitative estimate of drug-likeness (QED) is 0.708. The molecule has 1 heterocycles. The summed E-state index contributed by atoms with van der Waals surface area (Å²) in [7, 11) is 1.58. The van der Waals surface area contributed by atoms with Crippen LogP contribution >= 0.6 is 11.6 Å². The lowest BCUT2D eigenvalue weighted by molar-refractivity contribution is 0.412. The van der Waals surface area contributed by atoms with Gasteiger partial charge >= 0.3 is 5.56 Å². The maximum Gasteiger partial charge on any atom is 0.311 e. The molecule has 0 aliphatic heterocycles. The average Bonchev–Trinajstić information content (AvgIpc) is 2.62. The van der Waals surface area contributed by atoms with Crippen LogP contribution in [0.15, 0.2) is 65.6 Å². The molecule has 0 atom stereocenters. The highest BCUT2D eigenvalue weighted by Gasteiger charge is 2.13. The van der Waals surface area contributed by atoms with Gasteiger partial charge in [0.1, 0.15) is 16.5 Å². The second-order valence-corrected chi connectivity index (χ2v) is 5.45. The summed E-state index contributed by atoms with van der Waals surface area (Å²) in [6.45, 7) is 0.343. The molecule has 0 aliphatic rings. The van der Waals surface area contributed by atoms with Crippen molar-refractivity contribution >= 4 is 11.6 Å². The molecule has 0 bridgehead atoms. The number of nitrogens with zero attached hydrogens (tertiary/aromatic N) is 2. The Labute approximate surface area is 144 Å². The van der Waals surface area contributed by atoms with Crippen LogP contribution in [-0.4, -0.2) is 16.9 Å². The van der Waals surface area contributed by atoms with Gasteiger partial charge in [0.2, 0.25) is 5.75 Å². The zero-order valence-corrected chi connectivity index (χ0v) is 13.7. The average molecular weight is 343 g/mol. The van der Waals surface area contributed by atoms with Gasteiger partial charge in [0.15, 0.2) is 0 Å². The van der Waals surface area contributed by atoms with Gasteiger partial charge in [-0.25, -0.2) is 4.68 Å². The van der Waals surface area contributed by atoms with Crippen LogP contribution in [0.2, 0.25) is 5.02 Å². The second-order valence-electron chi connectivity index (χ2n) is 5.05. The second kappa shape index (κ2) is 7.19. The van der Waals surface area contributed by atoms with E-state index in [0.717, 1.165) is 5.56 Å². The van der Waals surface area contributed by atoms with Gasteiger partial charge in [-0.1, -0.05) is 41.9 Å². The molecule has 3 rings (SSSR count). The first-order chi connectivity index (χ1) is 11.7. The highest BCUT2D eigenvalue weighted by molar-refractivity contribution is 6.31. The van der Waals surface area contributed by atoms with Gasteiger partial charge in [0, 0.05) is 0 Å². The van der Waals surface area contributed by atoms with Crippen LogP contribution in [-0.2, 0) is 6.54 Å². The molecule has 0 aliphatic carbocycles. The normalized spacial score (nSPS) is 10.4. The molecule has 3 aromatic rings. The third-order valence-corrected chi connectivity index (χ3v) is 3.68. The van der Waals surface area contributed by atoms with Crippen LogP contribution in [0.1, 0.15) is 5.56 Å². The van der Waals surface area contributed by atoms with Gasteiger partial charge in [-0.3, -0.25) is 4.79 Å². The lowest BCUT2D eigenvalue weighted by atomic mass is 10.2. The van der Waals surface area contributed by atoms with Crippen molar-refractivity contribution in [2.45, 2.75) is 6.54 Å². The van der Waals surface area contributed by atoms with Crippen LogP contribution < -0.4 is 15.0 Å². The van der Waals surface area contributed by atoms with Crippen LogP contribution in [0, 0.1) is 0 Å². The molecular formula is C18H15ClN2O3. The van der Waals surface area contributed by atoms with Crippen molar-refractivity contribution in [3.63, 3.8) is 0 Å². The van der Waals surface area contributed by atoms with E-state index < -0.39 is 0 Å². The molecule has 2 aromatic carbocycles. The molecule has 24 heavy (non-hydrogen) atoms. The van der Waals surface area contributed by atoms with Gasteiger partial charge in [-0.15, -0.1) is 0 Å². The third kappa shape index (κ3) is 3.58. The summed E-state index contributed by atoms with van der Waals surface area (Å²) in [6.07, 6.45) is 1.41. The van der Waals surface area contributed by atoms with Crippen LogP contribution in [0.4, 0.5) is 0 Å². The lowest BCUT2D eigenvalue weighted by Gasteiger charge is -2.10. The Bertz CT molecular complexity index is 877. The Hall–Kier alpha value is -2.79. The summed E-state index contributed by atoms with van der Waals surface area (Å²) in [6, 6.07) is 16.5. The number of benzene rings is 2. The number of hydrogen-bond acceptors (Lipinski definition) is 4. The number of rotatable bonds is 5. The van der Waals surface area contributed by atoms with E-state index in [1.54, 1.807) is 31.4 Å². The number of methoxy groups -OCH3 is 1. The smallest absolute Gasteiger partial charge is 0.311 e. The number of halogens is 1. The van der Waals surface area contributed by atoms with Crippen molar-refractivity contribution in [2.75, 3.05) is 7.11 Å². The zero-order valence-electron chi connectivity index (χ0n) is 13.0. The maximum atomic E-state index is 12.6. The van der Waals surface area contributed by atoms with E-state index in [1.165, 1.54) is 10.9 Å². The Kier molecular flexibility index (Phi) is 4.82. The van der Waals surface area contributed by atoms with E-state index in [9.17, 15) is 4.79 Å². The fourth-order valence-electron chi connectivity index (χ4n) is 2.17. The number of aromatic nitrogens is 2. The van der Waals surface area contributed by atoms with E-state index in [0.29, 0.717) is 18.0 Å². The third-order valence-electron chi connectivity index (χ3n) is 3.41. The van der Waals surface area contributed by atoms with Crippen LogP contribution in [0.5, 0.6) is 17.2 Å². The molecule has 0 saturated carbocycles. The Morgan fingerprint density at radius 3 is 2.38 bits per heavy atom. The van der Waals surface area contributed by atoms with Crippen molar-refractivity contribution in [3.05, 3.63) is 81.7 Å². The van der Waals surface area contributed by atoms with Gasteiger partial charge in [-0.2, -0.15) is 5.10 Å². The largest absolute Gasteiger partial charge is 0.497 e. The molecule has 6 heteroatoms. The minimum Gasteiger partial charge on any atom is -0.497 e. The first-order valence-corrected chi connectivity index (χ1v) is 7.66. The molecule has 0 saturated heterocycles. The fraction of sp³-hybridized carbons (Fsp3) is 0.111. The molecule has 0 radical (unpaired) electrons. The van der Waals surface area contributed by atoms with Crippen molar-refractivity contribution in [3.8, 4) is 17.2 Å². The van der Waals surface area contributed by atoms with Crippen molar-refractivity contribution in [1.29, 1.82) is 0 Å². The molecule has 0 fully saturated rings. The molecule has 1 aromatic heterocycles. The Morgan fingerprint density at radius 1 is 1.04 bits per heavy atom. The first-order valence-electron chi connectivity index (χ1n) is 7.29. The highest BCUT2D eigenvalue weighted by Crippen LogP contribution is 2.26. The SMILES string of the molecule is COc1ccc(Oc2c(Cl)cnn(Cc3ccccc3)c2=O)cc1. The van der Waals surface area contributed by atoms with Crippen molar-refractivity contribution in [2.24, 2.45) is 0 Å². The first kappa shape index (κ1) is 16.1. The van der Waals surface area contributed by atoms with Crippen LogP contribution in [0.25, 0.3) is 0 Å². The number of ether oxygens (including phenoxy) is 2. The van der Waals surface area contributed by atoms with Gasteiger partial charge in [0.25, 0.3) is 0 Å². The predicted molar refractivity (Wildman–Crippen MR) is 92.1 cm³/mol. The van der Waals surface area contributed by atoms with E-state index in [4.69, 9.17) is 21.1 Å². The van der Waals surface area contributed by atoms with E-state index in [2.05, 4.69) is 5.10 Å². The zero-order chi connectivity index (χ0) is 16.9. The molecule has 0 spiro atoms. The van der Waals surface area contributed by atoms with E-state index in [-0.39, 0.29) is 16.3 Å². The topological polar surface area (TPSA) is 53.4 Å². The lowest BCUT2D eigenvalue weighted by Crippen LogP contribution is -2.24. The molecule has 0 N–H and O–H groups in total. The standard InChI is InChI=1S/C18H15ClN2O3/c1-23-14-7-9-15(10-8-14)24-17-16(19)11-20-21(18(17)22)12-13-5-3-2-4-6-13/h2-11H,12H2,1H3. The minimum absolute atomic E-state index is 0.0489. The summed E-state index contributed by atoms with van der Waals surface area (Å²) in [4.78, 5) is 12.6. The van der Waals surface area contributed by atoms with E-state index in [1.807, 2.05) is 30.3 Å². The van der Waals surface area contributed by atoms with Crippen molar-refractivity contribution in [1.82, 2.24) is 9.78 Å². The Balaban J connectivity index is 1.89. The molecule has 0 unspecified atom stereocenters. The van der Waals surface area contributed by atoms with E-state index >= 15 is 0 Å². The molecule has 0 amide bonds. The van der Waals surface area contributed by atoms with Gasteiger partial charge in [0.05, 0.1) is 19.9 Å². The summed E-state index contributed by atoms with van der Waals surface area (Å²) in [5, 5.41) is 4.24. The maximum absolute atomic E-state index is 12.6. The molecule has 122 valence electrons. The summed E-state index contributed by atoms with van der Waals surface area (Å²) >= 11 is 6.09. The monoisotopic (exact) mass is 342 g/mol. The minimum atomic E-state index is -0.387. The predicted octanol–water partition coefficient (Wildman–Crippen LogP) is 3.75. The number of hydrogen-bond donors (Lipinski definition) is 0. The molecular weight excluding hydrogens is 328 g/mol. The Morgan fingerprint density at radius 2 is 1.71 bits per heavy atom. The summed E-state index contributed by atoms with van der Waals surface area (Å²) < 4.78 is 12.1. The van der Waals surface area contributed by atoms with Gasteiger partial charge < -0.3 is 9.47 Å².